The standard InChI is InChI=1S/C20H23ClN4O/c1-3-4-15-5-7-17(8-6-15)24-20(26)25-12-9-16(13-14(25)2)18-19(21)23-11-10-22-18/h5-11,14H,3-4,12-13H2,1-2H3,(H,24,26)/t14-/m0/s1. The minimum atomic E-state index is -0.0960. The second-order valence-electron chi connectivity index (χ2n) is 6.51. The predicted octanol–water partition coefficient (Wildman–Crippen LogP) is 4.79. The Bertz CT molecular complexity index is 804. The third-order valence-electron chi connectivity index (χ3n) is 4.54. The van der Waals surface area contributed by atoms with E-state index in [1.165, 1.54) is 5.56 Å². The van der Waals surface area contributed by atoms with Gasteiger partial charge in [-0.2, -0.15) is 0 Å². The van der Waals surface area contributed by atoms with Crippen LogP contribution in [0.3, 0.4) is 0 Å². The molecule has 5 nitrogen and oxygen atoms in total. The molecule has 1 N–H and O–H groups in total. The number of amides is 2. The molecule has 0 spiro atoms. The van der Waals surface area contributed by atoms with Crippen molar-refractivity contribution in [1.82, 2.24) is 14.9 Å². The first-order valence-corrected chi connectivity index (χ1v) is 9.28. The first-order valence-electron chi connectivity index (χ1n) is 8.91. The third-order valence-corrected chi connectivity index (χ3v) is 4.82. The molecule has 0 bridgehead atoms. The van der Waals surface area contributed by atoms with Crippen molar-refractivity contribution in [2.24, 2.45) is 0 Å². The number of nitrogens with zero attached hydrogens (tertiary/aromatic N) is 3. The van der Waals surface area contributed by atoms with Crippen LogP contribution in [0.4, 0.5) is 10.5 Å². The molecule has 0 saturated heterocycles. The highest BCUT2D eigenvalue weighted by atomic mass is 35.5. The van der Waals surface area contributed by atoms with Gasteiger partial charge in [0, 0.05) is 30.7 Å². The Labute approximate surface area is 159 Å². The van der Waals surface area contributed by atoms with Crippen molar-refractivity contribution in [3.05, 3.63) is 59.1 Å². The van der Waals surface area contributed by atoms with Crippen LogP contribution in [0.1, 0.15) is 37.9 Å². The number of hydrogen-bond acceptors (Lipinski definition) is 3. The van der Waals surface area contributed by atoms with Crippen molar-refractivity contribution in [3.63, 3.8) is 0 Å². The summed E-state index contributed by atoms with van der Waals surface area (Å²) in [5.74, 6) is 0. The number of urea groups is 1. The summed E-state index contributed by atoms with van der Waals surface area (Å²) < 4.78 is 0. The summed E-state index contributed by atoms with van der Waals surface area (Å²) in [6.07, 6.45) is 8.07. The van der Waals surface area contributed by atoms with Crippen LogP contribution in [-0.4, -0.2) is 33.5 Å². The molecule has 2 heterocycles. The molecule has 1 atom stereocenters. The van der Waals surface area contributed by atoms with Crippen LogP contribution in [0.5, 0.6) is 0 Å². The van der Waals surface area contributed by atoms with Gasteiger partial charge in [0.15, 0.2) is 5.15 Å². The molecule has 1 aliphatic heterocycles. The molecule has 2 amide bonds. The molecule has 1 aromatic heterocycles. The largest absolute Gasteiger partial charge is 0.322 e. The van der Waals surface area contributed by atoms with Crippen molar-refractivity contribution in [1.29, 1.82) is 0 Å². The first-order chi connectivity index (χ1) is 12.6. The van der Waals surface area contributed by atoms with Crippen LogP contribution in [0, 0.1) is 0 Å². The van der Waals surface area contributed by atoms with E-state index in [1.54, 1.807) is 12.4 Å². The van der Waals surface area contributed by atoms with Crippen molar-refractivity contribution >= 4 is 28.9 Å². The Balaban J connectivity index is 1.66. The molecule has 26 heavy (non-hydrogen) atoms. The van der Waals surface area contributed by atoms with Gasteiger partial charge in [-0.3, -0.25) is 4.98 Å². The van der Waals surface area contributed by atoms with Crippen molar-refractivity contribution < 1.29 is 4.79 Å². The van der Waals surface area contributed by atoms with Crippen LogP contribution in [-0.2, 0) is 6.42 Å². The number of carbonyl (C=O) groups is 1. The van der Waals surface area contributed by atoms with Gasteiger partial charge in [-0.1, -0.05) is 43.2 Å². The van der Waals surface area contributed by atoms with Gasteiger partial charge < -0.3 is 10.2 Å². The number of aromatic nitrogens is 2. The van der Waals surface area contributed by atoms with Gasteiger partial charge in [0.1, 0.15) is 5.69 Å². The number of anilines is 1. The van der Waals surface area contributed by atoms with Crippen molar-refractivity contribution in [2.45, 2.75) is 39.2 Å². The normalized spacial score (nSPS) is 17.0. The minimum absolute atomic E-state index is 0.0486. The molecular formula is C20H23ClN4O. The lowest BCUT2D eigenvalue weighted by molar-refractivity contribution is 0.198. The Morgan fingerprint density at radius 1 is 1.27 bits per heavy atom. The molecule has 0 fully saturated rings. The second kappa shape index (κ2) is 8.32. The van der Waals surface area contributed by atoms with Crippen molar-refractivity contribution in [3.8, 4) is 0 Å². The first kappa shape index (κ1) is 18.4. The number of benzene rings is 1. The van der Waals surface area contributed by atoms with Crippen molar-refractivity contribution in [2.75, 3.05) is 11.9 Å². The van der Waals surface area contributed by atoms with E-state index in [4.69, 9.17) is 11.6 Å². The van der Waals surface area contributed by atoms with Gasteiger partial charge in [-0.15, -0.1) is 0 Å². The van der Waals surface area contributed by atoms with Gasteiger partial charge in [0.05, 0.1) is 0 Å². The quantitative estimate of drug-likeness (QED) is 0.841. The zero-order chi connectivity index (χ0) is 18.5. The van der Waals surface area contributed by atoms with Gasteiger partial charge in [0.25, 0.3) is 0 Å². The number of rotatable bonds is 4. The fourth-order valence-electron chi connectivity index (χ4n) is 3.15. The SMILES string of the molecule is CCCc1ccc(NC(=O)N2CC=C(c3nccnc3Cl)C[C@@H]2C)cc1. The van der Waals surface area contributed by atoms with E-state index < -0.39 is 0 Å². The molecule has 0 unspecified atom stereocenters. The summed E-state index contributed by atoms with van der Waals surface area (Å²) in [6, 6.07) is 7.99. The van der Waals surface area contributed by atoms with Crippen LogP contribution in [0.15, 0.2) is 42.7 Å². The Hall–Kier alpha value is -2.40. The van der Waals surface area contributed by atoms with Gasteiger partial charge in [-0.05, 0) is 43.0 Å². The molecule has 1 aromatic carbocycles. The third kappa shape index (κ3) is 4.22. The second-order valence-corrected chi connectivity index (χ2v) is 6.87. The average Bonchev–Trinajstić information content (AvgIpc) is 2.64. The zero-order valence-corrected chi connectivity index (χ0v) is 15.8. The fourth-order valence-corrected chi connectivity index (χ4v) is 3.38. The highest BCUT2D eigenvalue weighted by molar-refractivity contribution is 6.30. The predicted molar refractivity (Wildman–Crippen MR) is 105 cm³/mol. The van der Waals surface area contributed by atoms with E-state index in [9.17, 15) is 4.79 Å². The monoisotopic (exact) mass is 370 g/mol. The molecule has 0 radical (unpaired) electrons. The lowest BCUT2D eigenvalue weighted by atomic mass is 9.99. The molecule has 2 aromatic rings. The highest BCUT2D eigenvalue weighted by Gasteiger charge is 2.26. The smallest absolute Gasteiger partial charge is 0.318 e. The maximum absolute atomic E-state index is 12.6. The average molecular weight is 371 g/mol. The summed E-state index contributed by atoms with van der Waals surface area (Å²) in [5.41, 5.74) is 3.83. The number of aryl methyl sites for hydroxylation is 1. The fraction of sp³-hybridized carbons (Fsp3) is 0.350. The minimum Gasteiger partial charge on any atom is -0.318 e. The van der Waals surface area contributed by atoms with Gasteiger partial charge >= 0.3 is 6.03 Å². The summed E-state index contributed by atoms with van der Waals surface area (Å²) in [5, 5.41) is 3.38. The van der Waals surface area contributed by atoms with Crippen LogP contribution < -0.4 is 5.32 Å². The summed E-state index contributed by atoms with van der Waals surface area (Å²) >= 11 is 6.14. The molecular weight excluding hydrogens is 348 g/mol. The molecule has 0 saturated carbocycles. The number of carbonyl (C=O) groups excluding carboxylic acids is 1. The summed E-state index contributed by atoms with van der Waals surface area (Å²) in [6.45, 7) is 4.70. The van der Waals surface area contributed by atoms with Gasteiger partial charge in [0.2, 0.25) is 0 Å². The lowest BCUT2D eigenvalue weighted by Crippen LogP contribution is -2.43. The summed E-state index contributed by atoms with van der Waals surface area (Å²) in [4.78, 5) is 22.8. The number of halogens is 1. The molecule has 3 rings (SSSR count). The van der Waals surface area contributed by atoms with Crippen LogP contribution in [0.2, 0.25) is 5.15 Å². The summed E-state index contributed by atoms with van der Waals surface area (Å²) in [7, 11) is 0. The maximum Gasteiger partial charge on any atom is 0.322 e. The van der Waals surface area contributed by atoms with E-state index in [2.05, 4.69) is 34.3 Å². The molecule has 136 valence electrons. The Morgan fingerprint density at radius 3 is 2.65 bits per heavy atom. The zero-order valence-electron chi connectivity index (χ0n) is 15.1. The van der Waals surface area contributed by atoms with Crippen LogP contribution >= 0.6 is 11.6 Å². The van der Waals surface area contributed by atoms with E-state index >= 15 is 0 Å². The van der Waals surface area contributed by atoms with E-state index in [1.807, 2.05) is 30.0 Å². The molecule has 0 aliphatic carbocycles. The molecule has 1 aliphatic rings. The van der Waals surface area contributed by atoms with E-state index in [0.29, 0.717) is 23.8 Å². The number of nitrogens with one attached hydrogen (secondary N) is 1. The Morgan fingerprint density at radius 2 is 2.00 bits per heavy atom. The van der Waals surface area contributed by atoms with E-state index in [0.717, 1.165) is 24.1 Å². The molecule has 6 heteroatoms. The lowest BCUT2D eigenvalue weighted by Gasteiger charge is -2.33. The topological polar surface area (TPSA) is 58.1 Å². The van der Waals surface area contributed by atoms with Crippen LogP contribution in [0.25, 0.3) is 5.57 Å². The number of hydrogen-bond donors (Lipinski definition) is 1. The Kier molecular flexibility index (Phi) is 5.89. The highest BCUT2D eigenvalue weighted by Crippen LogP contribution is 2.28. The van der Waals surface area contributed by atoms with Gasteiger partial charge in [-0.25, -0.2) is 9.78 Å². The van der Waals surface area contributed by atoms with E-state index in [-0.39, 0.29) is 12.1 Å². The maximum atomic E-state index is 12.6.